The van der Waals surface area contributed by atoms with Crippen molar-refractivity contribution in [2.45, 2.75) is 39.3 Å². The van der Waals surface area contributed by atoms with E-state index < -0.39 is 12.6 Å². The van der Waals surface area contributed by atoms with E-state index in [1.54, 1.807) is 24.3 Å². The van der Waals surface area contributed by atoms with E-state index in [4.69, 9.17) is 0 Å². The van der Waals surface area contributed by atoms with Gasteiger partial charge in [0, 0.05) is 13.0 Å². The normalized spacial score (nSPS) is 12.3. The minimum absolute atomic E-state index is 0.132. The highest BCUT2D eigenvalue weighted by molar-refractivity contribution is 5.88. The number of hydrogen-bond donors (Lipinski definition) is 2. The van der Waals surface area contributed by atoms with Gasteiger partial charge in [0.1, 0.15) is 11.9 Å². The summed E-state index contributed by atoms with van der Waals surface area (Å²) in [5.41, 5.74) is 1.69. The summed E-state index contributed by atoms with van der Waals surface area (Å²) in [6.07, 6.45) is 0.323. The van der Waals surface area contributed by atoms with Gasteiger partial charge in [0.2, 0.25) is 11.8 Å². The van der Waals surface area contributed by atoms with E-state index in [2.05, 4.69) is 15.6 Å². The van der Waals surface area contributed by atoms with E-state index in [1.807, 2.05) is 44.2 Å². The van der Waals surface area contributed by atoms with Gasteiger partial charge in [-0.2, -0.15) is 8.78 Å². The third kappa shape index (κ3) is 5.65. The number of para-hydroxylation sites is 2. The number of carbonyl (C=O) groups is 2. The van der Waals surface area contributed by atoms with Crippen molar-refractivity contribution in [2.75, 3.05) is 6.54 Å². The second-order valence-electron chi connectivity index (χ2n) is 7.66. The molecule has 0 bridgehead atoms. The third-order valence-corrected chi connectivity index (χ3v) is 4.99. The first-order valence-electron chi connectivity index (χ1n) is 10.2. The summed E-state index contributed by atoms with van der Waals surface area (Å²) in [7, 11) is 0. The quantitative estimate of drug-likeness (QED) is 0.548. The summed E-state index contributed by atoms with van der Waals surface area (Å²) < 4.78 is 27.9. The zero-order valence-electron chi connectivity index (χ0n) is 17.5. The molecular weight excluding hydrogens is 402 g/mol. The Labute approximate surface area is 179 Å². The highest BCUT2D eigenvalue weighted by atomic mass is 19.3. The van der Waals surface area contributed by atoms with Gasteiger partial charge in [-0.3, -0.25) is 14.2 Å². The molecule has 2 aromatic carbocycles. The van der Waals surface area contributed by atoms with Crippen molar-refractivity contribution in [3.05, 3.63) is 66.0 Å². The second kappa shape index (κ2) is 10.1. The van der Waals surface area contributed by atoms with Crippen molar-refractivity contribution in [1.82, 2.24) is 20.2 Å². The number of amides is 2. The highest BCUT2D eigenvalue weighted by Gasteiger charge is 2.24. The van der Waals surface area contributed by atoms with Crippen LogP contribution in [0.15, 0.2) is 54.6 Å². The molecule has 0 saturated carbocycles. The van der Waals surface area contributed by atoms with Crippen LogP contribution in [0.5, 0.6) is 0 Å². The summed E-state index contributed by atoms with van der Waals surface area (Å²) >= 11 is 0. The third-order valence-electron chi connectivity index (χ3n) is 4.99. The van der Waals surface area contributed by atoms with E-state index in [1.165, 1.54) is 0 Å². The summed E-state index contributed by atoms with van der Waals surface area (Å²) in [5.74, 6) is -0.535. The van der Waals surface area contributed by atoms with E-state index in [0.29, 0.717) is 11.0 Å². The largest absolute Gasteiger partial charge is 0.354 e. The van der Waals surface area contributed by atoms with Crippen molar-refractivity contribution in [1.29, 1.82) is 0 Å². The van der Waals surface area contributed by atoms with Gasteiger partial charge >= 0.3 is 6.55 Å². The topological polar surface area (TPSA) is 76.0 Å². The SMILES string of the molecule is CC(C)[C@@H](NC(=O)Cc1ccccc1)C(=O)NCCc1nc2ccccc2n1C(F)F. The predicted molar refractivity (Wildman–Crippen MR) is 115 cm³/mol. The minimum atomic E-state index is -2.72. The van der Waals surface area contributed by atoms with E-state index in [-0.39, 0.29) is 42.9 Å². The van der Waals surface area contributed by atoms with Gasteiger partial charge in [0.05, 0.1) is 17.5 Å². The van der Waals surface area contributed by atoms with Crippen LogP contribution in [0.25, 0.3) is 11.0 Å². The molecule has 0 aliphatic carbocycles. The molecule has 6 nitrogen and oxygen atoms in total. The molecule has 0 aliphatic heterocycles. The predicted octanol–water partition coefficient (Wildman–Crippen LogP) is 3.47. The van der Waals surface area contributed by atoms with E-state index in [9.17, 15) is 18.4 Å². The number of rotatable bonds is 9. The average molecular weight is 428 g/mol. The summed E-state index contributed by atoms with van der Waals surface area (Å²) in [6, 6.07) is 15.2. The molecule has 2 N–H and O–H groups in total. The fourth-order valence-electron chi connectivity index (χ4n) is 3.44. The zero-order valence-corrected chi connectivity index (χ0v) is 17.5. The smallest absolute Gasteiger partial charge is 0.320 e. The van der Waals surface area contributed by atoms with E-state index >= 15 is 0 Å². The van der Waals surface area contributed by atoms with Crippen LogP contribution in [0.1, 0.15) is 31.8 Å². The molecule has 1 aromatic heterocycles. The van der Waals surface area contributed by atoms with Crippen LogP contribution < -0.4 is 10.6 Å². The molecule has 0 fully saturated rings. The molecule has 1 heterocycles. The molecular formula is C23H26F2N4O2. The molecule has 1 atom stereocenters. The van der Waals surface area contributed by atoms with Gasteiger partial charge in [-0.1, -0.05) is 56.3 Å². The molecule has 0 unspecified atom stereocenters. The van der Waals surface area contributed by atoms with Crippen LogP contribution in [-0.2, 0) is 22.4 Å². The molecule has 8 heteroatoms. The van der Waals surface area contributed by atoms with E-state index in [0.717, 1.165) is 10.1 Å². The molecule has 164 valence electrons. The number of fused-ring (bicyclic) bond motifs is 1. The number of nitrogens with zero attached hydrogens (tertiary/aromatic N) is 2. The lowest BCUT2D eigenvalue weighted by atomic mass is 10.0. The number of carbonyl (C=O) groups excluding carboxylic acids is 2. The van der Waals surface area contributed by atoms with Crippen LogP contribution in [0.2, 0.25) is 0 Å². The number of hydrogen-bond acceptors (Lipinski definition) is 3. The summed E-state index contributed by atoms with van der Waals surface area (Å²) in [6.45, 7) is 1.08. The number of benzene rings is 2. The second-order valence-corrected chi connectivity index (χ2v) is 7.66. The number of nitrogens with one attached hydrogen (secondary N) is 2. The van der Waals surface area contributed by atoms with Crippen LogP contribution in [0.3, 0.4) is 0 Å². The monoisotopic (exact) mass is 428 g/mol. The van der Waals surface area contributed by atoms with Crippen LogP contribution >= 0.6 is 0 Å². The Morgan fingerprint density at radius 2 is 1.71 bits per heavy atom. The van der Waals surface area contributed by atoms with Crippen molar-refractivity contribution in [2.24, 2.45) is 5.92 Å². The highest BCUT2D eigenvalue weighted by Crippen LogP contribution is 2.23. The molecule has 3 aromatic rings. The lowest BCUT2D eigenvalue weighted by molar-refractivity contribution is -0.129. The van der Waals surface area contributed by atoms with Gasteiger partial charge in [-0.05, 0) is 23.6 Å². The molecule has 0 saturated heterocycles. The lowest BCUT2D eigenvalue weighted by Gasteiger charge is -2.22. The Hall–Kier alpha value is -3.29. The average Bonchev–Trinajstić information content (AvgIpc) is 3.11. The van der Waals surface area contributed by atoms with Crippen molar-refractivity contribution in [3.63, 3.8) is 0 Å². The van der Waals surface area contributed by atoms with Gasteiger partial charge in [-0.15, -0.1) is 0 Å². The molecule has 0 radical (unpaired) electrons. The van der Waals surface area contributed by atoms with Gasteiger partial charge < -0.3 is 10.6 Å². The zero-order chi connectivity index (χ0) is 22.4. The van der Waals surface area contributed by atoms with Crippen LogP contribution in [-0.4, -0.2) is 34.0 Å². The van der Waals surface area contributed by atoms with Crippen molar-refractivity contribution in [3.8, 4) is 0 Å². The fourth-order valence-corrected chi connectivity index (χ4v) is 3.44. The standard InChI is InChI=1S/C23H26F2N4O2/c1-15(2)21(28-20(30)14-16-8-4-3-5-9-16)22(31)26-13-12-19-27-17-10-6-7-11-18(17)29(19)23(24)25/h3-11,15,21,23H,12-14H2,1-2H3,(H,26,31)(H,28,30)/t21-/m1/s1. The first-order valence-corrected chi connectivity index (χ1v) is 10.2. The Morgan fingerprint density at radius 1 is 1.03 bits per heavy atom. The lowest BCUT2D eigenvalue weighted by Crippen LogP contribution is -2.50. The van der Waals surface area contributed by atoms with Gasteiger partial charge in [-0.25, -0.2) is 4.98 Å². The Balaban J connectivity index is 1.60. The maximum absolute atomic E-state index is 13.5. The summed E-state index contributed by atoms with van der Waals surface area (Å²) in [5, 5.41) is 5.51. The molecule has 0 aliphatic rings. The fraction of sp³-hybridized carbons (Fsp3) is 0.348. The number of alkyl halides is 2. The van der Waals surface area contributed by atoms with Crippen molar-refractivity contribution >= 4 is 22.8 Å². The molecule has 2 amide bonds. The maximum Gasteiger partial charge on any atom is 0.320 e. The first-order chi connectivity index (χ1) is 14.9. The number of imidazole rings is 1. The van der Waals surface area contributed by atoms with Crippen molar-refractivity contribution < 1.29 is 18.4 Å². The van der Waals surface area contributed by atoms with Crippen LogP contribution in [0, 0.1) is 5.92 Å². The summed E-state index contributed by atoms with van der Waals surface area (Å²) in [4.78, 5) is 29.3. The number of aromatic nitrogens is 2. The minimum Gasteiger partial charge on any atom is -0.354 e. The van der Waals surface area contributed by atoms with Gasteiger partial charge in [0.25, 0.3) is 0 Å². The number of halogens is 2. The Bertz CT molecular complexity index is 1030. The van der Waals surface area contributed by atoms with Crippen LogP contribution in [0.4, 0.5) is 8.78 Å². The molecule has 3 rings (SSSR count). The first kappa shape index (κ1) is 22.4. The maximum atomic E-state index is 13.5. The Kier molecular flexibility index (Phi) is 7.33. The van der Waals surface area contributed by atoms with Gasteiger partial charge in [0.15, 0.2) is 0 Å². The molecule has 31 heavy (non-hydrogen) atoms. The molecule has 0 spiro atoms. The Morgan fingerprint density at radius 3 is 2.39 bits per heavy atom.